The van der Waals surface area contributed by atoms with E-state index < -0.39 is 23.0 Å². The normalized spacial score (nSPS) is 14.7. The maximum Gasteiger partial charge on any atom is 0.267 e. The van der Waals surface area contributed by atoms with Gasteiger partial charge in [-0.15, -0.1) is 0 Å². The maximum absolute atomic E-state index is 12.6. The van der Waals surface area contributed by atoms with Gasteiger partial charge in [0.05, 0.1) is 18.1 Å². The molecule has 0 aliphatic carbocycles. The zero-order chi connectivity index (χ0) is 15.0. The number of nitrogens with zero attached hydrogens (tertiary/aromatic N) is 4. The molecule has 0 amide bonds. The Morgan fingerprint density at radius 2 is 2.14 bits per heavy atom. The van der Waals surface area contributed by atoms with E-state index in [0.29, 0.717) is 18.7 Å². The molecule has 6 nitrogen and oxygen atoms in total. The van der Waals surface area contributed by atoms with Gasteiger partial charge in [0.2, 0.25) is 0 Å². The van der Waals surface area contributed by atoms with Gasteiger partial charge in [0.15, 0.2) is 0 Å². The van der Waals surface area contributed by atoms with E-state index in [4.69, 9.17) is 0 Å². The predicted octanol–water partition coefficient (Wildman–Crippen LogP) is 1.29. The van der Waals surface area contributed by atoms with Gasteiger partial charge in [0.25, 0.3) is 16.4 Å². The number of hydrogen-bond donors (Lipinski definition) is 0. The van der Waals surface area contributed by atoms with Crippen LogP contribution in [0.4, 0.5) is 14.5 Å². The van der Waals surface area contributed by atoms with Crippen LogP contribution in [0, 0.1) is 0 Å². The van der Waals surface area contributed by atoms with Crippen LogP contribution < -0.4 is 4.31 Å². The van der Waals surface area contributed by atoms with Crippen molar-refractivity contribution in [3.63, 3.8) is 0 Å². The number of hydrogen-bond acceptors (Lipinski definition) is 4. The smallest absolute Gasteiger partial charge is 0.266 e. The third kappa shape index (κ3) is 2.48. The summed E-state index contributed by atoms with van der Waals surface area (Å²) in [4.78, 5) is 3.83. The third-order valence-corrected chi connectivity index (χ3v) is 5.03. The van der Waals surface area contributed by atoms with Gasteiger partial charge < -0.3 is 0 Å². The maximum atomic E-state index is 12.6. The molecule has 1 aliphatic rings. The Bertz CT molecular complexity index is 760. The summed E-state index contributed by atoms with van der Waals surface area (Å²) in [6.07, 6.45) is 3.32. The number of aromatic nitrogens is 3. The summed E-state index contributed by atoms with van der Waals surface area (Å²) in [6, 6.07) is 1.77. The average Bonchev–Trinajstić information content (AvgIpc) is 3.04. The molecule has 2 aromatic heterocycles. The Morgan fingerprint density at radius 3 is 2.90 bits per heavy atom. The first-order chi connectivity index (χ1) is 9.98. The van der Waals surface area contributed by atoms with Crippen molar-refractivity contribution in [1.29, 1.82) is 0 Å². The number of alkyl halides is 2. The van der Waals surface area contributed by atoms with E-state index in [1.165, 1.54) is 10.5 Å². The van der Waals surface area contributed by atoms with E-state index in [0.717, 1.165) is 22.6 Å². The van der Waals surface area contributed by atoms with Crippen LogP contribution in [0.5, 0.6) is 0 Å². The van der Waals surface area contributed by atoms with Crippen LogP contribution in [-0.4, -0.2) is 36.2 Å². The van der Waals surface area contributed by atoms with E-state index in [2.05, 4.69) is 10.1 Å². The standard InChI is InChI=1S/C12H12F2N4O2S/c13-12(14)8-17-7-10(5-16-17)21(19,20)18-4-2-9-1-3-15-6-11(9)18/h1,3,5-7,12H,2,4,8H2. The van der Waals surface area contributed by atoms with Gasteiger partial charge >= 0.3 is 0 Å². The topological polar surface area (TPSA) is 68.1 Å². The zero-order valence-corrected chi connectivity index (χ0v) is 11.7. The predicted molar refractivity (Wildman–Crippen MR) is 70.7 cm³/mol. The van der Waals surface area contributed by atoms with Crippen LogP contribution in [0.3, 0.4) is 0 Å². The van der Waals surface area contributed by atoms with Gasteiger partial charge in [-0.2, -0.15) is 5.10 Å². The van der Waals surface area contributed by atoms with Gasteiger partial charge in [0.1, 0.15) is 11.4 Å². The lowest BCUT2D eigenvalue weighted by Crippen LogP contribution is -2.28. The molecule has 0 aromatic carbocycles. The number of anilines is 1. The molecule has 1 aliphatic heterocycles. The fourth-order valence-electron chi connectivity index (χ4n) is 2.29. The number of fused-ring (bicyclic) bond motifs is 1. The first-order valence-corrected chi connectivity index (χ1v) is 7.69. The van der Waals surface area contributed by atoms with Gasteiger partial charge in [-0.1, -0.05) is 0 Å². The third-order valence-electron chi connectivity index (χ3n) is 3.26. The molecule has 112 valence electrons. The summed E-state index contributed by atoms with van der Waals surface area (Å²) in [6.45, 7) is -0.322. The molecule has 3 rings (SSSR count). The van der Waals surface area contributed by atoms with Crippen molar-refractivity contribution >= 4 is 15.7 Å². The van der Waals surface area contributed by atoms with Gasteiger partial charge in [-0.25, -0.2) is 17.2 Å². The van der Waals surface area contributed by atoms with E-state index in [1.54, 1.807) is 12.3 Å². The molecule has 0 unspecified atom stereocenters. The minimum Gasteiger partial charge on any atom is -0.266 e. The zero-order valence-electron chi connectivity index (χ0n) is 10.9. The van der Waals surface area contributed by atoms with Crippen LogP contribution >= 0.6 is 0 Å². The van der Waals surface area contributed by atoms with E-state index in [-0.39, 0.29) is 4.90 Å². The summed E-state index contributed by atoms with van der Waals surface area (Å²) in [5.41, 5.74) is 1.42. The summed E-state index contributed by atoms with van der Waals surface area (Å²) in [5.74, 6) is 0. The van der Waals surface area contributed by atoms with Crippen LogP contribution in [0.2, 0.25) is 0 Å². The van der Waals surface area contributed by atoms with E-state index >= 15 is 0 Å². The minimum atomic E-state index is -3.80. The molecular formula is C12H12F2N4O2S. The quantitative estimate of drug-likeness (QED) is 0.853. The molecule has 9 heteroatoms. The van der Waals surface area contributed by atoms with Crippen molar-refractivity contribution in [2.24, 2.45) is 0 Å². The largest absolute Gasteiger partial charge is 0.267 e. The summed E-state index contributed by atoms with van der Waals surface area (Å²) in [7, 11) is -3.80. The lowest BCUT2D eigenvalue weighted by Gasteiger charge is -2.17. The highest BCUT2D eigenvalue weighted by Crippen LogP contribution is 2.31. The van der Waals surface area contributed by atoms with Gasteiger partial charge in [-0.05, 0) is 18.1 Å². The van der Waals surface area contributed by atoms with E-state index in [1.807, 2.05) is 0 Å². The number of sulfonamides is 1. The fraction of sp³-hybridized carbons (Fsp3) is 0.333. The summed E-state index contributed by atoms with van der Waals surface area (Å²) >= 11 is 0. The molecule has 21 heavy (non-hydrogen) atoms. The SMILES string of the molecule is O=S(=O)(c1cnn(CC(F)F)c1)N1CCc2ccncc21. The number of rotatable bonds is 4. The first-order valence-electron chi connectivity index (χ1n) is 6.25. The second-order valence-electron chi connectivity index (χ2n) is 4.62. The molecule has 2 aromatic rings. The van der Waals surface area contributed by atoms with E-state index in [9.17, 15) is 17.2 Å². The molecular weight excluding hydrogens is 302 g/mol. The van der Waals surface area contributed by atoms with Crippen molar-refractivity contribution in [2.45, 2.75) is 24.3 Å². The second-order valence-corrected chi connectivity index (χ2v) is 6.48. The minimum absolute atomic E-state index is 0.0974. The average molecular weight is 314 g/mol. The van der Waals surface area contributed by atoms with Crippen LogP contribution in [0.15, 0.2) is 35.7 Å². The molecule has 0 bridgehead atoms. The summed E-state index contributed by atoms with van der Waals surface area (Å²) < 4.78 is 51.9. The Labute approximate surface area is 120 Å². The number of pyridine rings is 1. The number of halogens is 2. The molecule has 0 fully saturated rings. The second kappa shape index (κ2) is 5.06. The molecule has 0 saturated heterocycles. The monoisotopic (exact) mass is 314 g/mol. The van der Waals surface area contributed by atoms with Crippen molar-refractivity contribution in [3.8, 4) is 0 Å². The summed E-state index contributed by atoms with van der Waals surface area (Å²) in [5, 5.41) is 3.67. The molecule has 0 saturated carbocycles. The first kappa shape index (κ1) is 13.9. The van der Waals surface area contributed by atoms with Gasteiger partial charge in [-0.3, -0.25) is 14.0 Å². The van der Waals surface area contributed by atoms with Crippen molar-refractivity contribution < 1.29 is 17.2 Å². The van der Waals surface area contributed by atoms with Gasteiger partial charge in [0, 0.05) is 18.9 Å². The van der Waals surface area contributed by atoms with Crippen LogP contribution in [-0.2, 0) is 23.0 Å². The molecule has 0 radical (unpaired) electrons. The highest BCUT2D eigenvalue weighted by Gasteiger charge is 2.32. The lowest BCUT2D eigenvalue weighted by molar-refractivity contribution is 0.121. The highest BCUT2D eigenvalue weighted by molar-refractivity contribution is 7.92. The van der Waals surface area contributed by atoms with Crippen molar-refractivity contribution in [2.75, 3.05) is 10.8 Å². The highest BCUT2D eigenvalue weighted by atomic mass is 32.2. The Morgan fingerprint density at radius 1 is 1.33 bits per heavy atom. The van der Waals surface area contributed by atoms with Crippen molar-refractivity contribution in [1.82, 2.24) is 14.8 Å². The Balaban J connectivity index is 1.93. The molecule has 0 spiro atoms. The fourth-order valence-corrected chi connectivity index (χ4v) is 3.73. The Hall–Kier alpha value is -2.03. The molecule has 0 N–H and O–H groups in total. The molecule has 0 atom stereocenters. The molecule has 3 heterocycles. The van der Waals surface area contributed by atoms with Crippen LogP contribution in [0.1, 0.15) is 5.56 Å². The lowest BCUT2D eigenvalue weighted by atomic mass is 10.2. The Kier molecular flexibility index (Phi) is 3.36. The van der Waals surface area contributed by atoms with Crippen molar-refractivity contribution in [3.05, 3.63) is 36.4 Å². The van der Waals surface area contributed by atoms with Crippen LogP contribution in [0.25, 0.3) is 0 Å².